The fourth-order valence-corrected chi connectivity index (χ4v) is 4.78. The minimum atomic E-state index is -2.66. The van der Waals surface area contributed by atoms with Crippen LogP contribution in [0.3, 0.4) is 0 Å². The molecule has 1 aliphatic rings. The van der Waals surface area contributed by atoms with Gasteiger partial charge >= 0.3 is 0 Å². The lowest BCUT2D eigenvalue weighted by Gasteiger charge is -2.32. The highest BCUT2D eigenvalue weighted by atomic mass is 35.5. The predicted octanol–water partition coefficient (Wildman–Crippen LogP) is 6.54. The van der Waals surface area contributed by atoms with Gasteiger partial charge in [-0.15, -0.1) is 0 Å². The second-order valence-corrected chi connectivity index (χ2v) is 9.53. The Hall–Kier alpha value is -3.75. The molecule has 0 saturated heterocycles. The molecular formula is C28H25ClF2N4O2. The Kier molecular flexibility index (Phi) is 6.95. The molecule has 3 unspecified atom stereocenters. The number of aryl methyl sites for hydroxylation is 1. The Morgan fingerprint density at radius 2 is 1.86 bits per heavy atom. The SMILES string of the molecule is Cc1ccc(C2CC(C(F)F)n3ncc(C(=O)Nc4ccc(Cl)cc4C(O)c4ccccc4)c3N2)cc1. The van der Waals surface area contributed by atoms with Crippen molar-refractivity contribution in [2.24, 2.45) is 0 Å². The summed E-state index contributed by atoms with van der Waals surface area (Å²) in [5.74, 6) is -0.325. The number of rotatable bonds is 6. The Morgan fingerprint density at radius 1 is 1.14 bits per heavy atom. The van der Waals surface area contributed by atoms with Gasteiger partial charge in [-0.1, -0.05) is 71.8 Å². The number of carbonyl (C=O) groups excluding carboxylic acids is 1. The van der Waals surface area contributed by atoms with Crippen molar-refractivity contribution in [3.63, 3.8) is 0 Å². The first-order valence-electron chi connectivity index (χ1n) is 11.8. The van der Waals surface area contributed by atoms with Crippen LogP contribution in [0.4, 0.5) is 20.3 Å². The second kappa shape index (κ2) is 10.3. The van der Waals surface area contributed by atoms with E-state index in [1.54, 1.807) is 42.5 Å². The maximum absolute atomic E-state index is 14.0. The van der Waals surface area contributed by atoms with Gasteiger partial charge in [0.1, 0.15) is 23.5 Å². The maximum Gasteiger partial charge on any atom is 0.261 e. The number of aromatic nitrogens is 2. The van der Waals surface area contributed by atoms with E-state index in [1.165, 1.54) is 10.9 Å². The van der Waals surface area contributed by atoms with Crippen LogP contribution in [0.25, 0.3) is 0 Å². The van der Waals surface area contributed by atoms with E-state index in [-0.39, 0.29) is 17.8 Å². The number of anilines is 2. The summed E-state index contributed by atoms with van der Waals surface area (Å²) >= 11 is 6.19. The highest BCUT2D eigenvalue weighted by molar-refractivity contribution is 6.30. The van der Waals surface area contributed by atoms with Crippen LogP contribution in [0.2, 0.25) is 5.02 Å². The molecule has 0 saturated carbocycles. The van der Waals surface area contributed by atoms with Gasteiger partial charge in [0.15, 0.2) is 0 Å². The summed E-state index contributed by atoms with van der Waals surface area (Å²) < 4.78 is 29.2. The quantitative estimate of drug-likeness (QED) is 0.268. The number of hydrogen-bond acceptors (Lipinski definition) is 4. The number of hydrogen-bond donors (Lipinski definition) is 3. The van der Waals surface area contributed by atoms with E-state index >= 15 is 0 Å². The van der Waals surface area contributed by atoms with Crippen molar-refractivity contribution in [2.45, 2.75) is 38.0 Å². The summed E-state index contributed by atoms with van der Waals surface area (Å²) in [4.78, 5) is 13.4. The van der Waals surface area contributed by atoms with E-state index in [9.17, 15) is 18.7 Å². The molecule has 0 fully saturated rings. The third-order valence-corrected chi connectivity index (χ3v) is 6.82. The molecule has 0 radical (unpaired) electrons. The minimum Gasteiger partial charge on any atom is -0.384 e. The lowest BCUT2D eigenvalue weighted by Crippen LogP contribution is -2.31. The molecule has 3 aromatic carbocycles. The van der Waals surface area contributed by atoms with Gasteiger partial charge in [0.25, 0.3) is 12.3 Å². The summed E-state index contributed by atoms with van der Waals surface area (Å²) in [6, 6.07) is 19.8. The smallest absolute Gasteiger partial charge is 0.261 e. The Balaban J connectivity index is 1.46. The molecule has 0 aliphatic carbocycles. The molecule has 9 heteroatoms. The van der Waals surface area contributed by atoms with Crippen molar-refractivity contribution >= 4 is 29.0 Å². The van der Waals surface area contributed by atoms with E-state index < -0.39 is 30.5 Å². The van der Waals surface area contributed by atoms with Crippen LogP contribution in [0.15, 0.2) is 79.0 Å². The third-order valence-electron chi connectivity index (χ3n) is 6.58. The summed E-state index contributed by atoms with van der Waals surface area (Å²) in [5.41, 5.74) is 3.42. The van der Waals surface area contributed by atoms with Gasteiger partial charge in [0.2, 0.25) is 0 Å². The van der Waals surface area contributed by atoms with Crippen LogP contribution >= 0.6 is 11.6 Å². The normalized spacial score (nSPS) is 17.7. The molecule has 5 rings (SSSR count). The highest BCUT2D eigenvalue weighted by Crippen LogP contribution is 2.40. The highest BCUT2D eigenvalue weighted by Gasteiger charge is 2.36. The number of fused-ring (bicyclic) bond motifs is 1. The van der Waals surface area contributed by atoms with Gasteiger partial charge < -0.3 is 15.7 Å². The van der Waals surface area contributed by atoms with Crippen molar-refractivity contribution in [2.75, 3.05) is 10.6 Å². The molecule has 3 N–H and O–H groups in total. The Morgan fingerprint density at radius 3 is 2.57 bits per heavy atom. The van der Waals surface area contributed by atoms with Crippen LogP contribution in [-0.2, 0) is 0 Å². The topological polar surface area (TPSA) is 79.2 Å². The van der Waals surface area contributed by atoms with Crippen LogP contribution < -0.4 is 10.6 Å². The molecule has 190 valence electrons. The first kappa shape index (κ1) is 24.9. The fourth-order valence-electron chi connectivity index (χ4n) is 4.59. The van der Waals surface area contributed by atoms with Gasteiger partial charge in [0, 0.05) is 16.3 Å². The third kappa shape index (κ3) is 5.08. The lowest BCUT2D eigenvalue weighted by molar-refractivity contribution is 0.0657. The summed E-state index contributed by atoms with van der Waals surface area (Å²) in [5, 5.41) is 21.6. The van der Waals surface area contributed by atoms with Crippen molar-refractivity contribution in [1.82, 2.24) is 9.78 Å². The van der Waals surface area contributed by atoms with Crippen LogP contribution in [0.5, 0.6) is 0 Å². The van der Waals surface area contributed by atoms with E-state index in [0.717, 1.165) is 11.1 Å². The minimum absolute atomic E-state index is 0.123. The zero-order valence-electron chi connectivity index (χ0n) is 19.9. The maximum atomic E-state index is 14.0. The zero-order valence-corrected chi connectivity index (χ0v) is 20.7. The van der Waals surface area contributed by atoms with Gasteiger partial charge in [0.05, 0.1) is 12.2 Å². The van der Waals surface area contributed by atoms with Crippen molar-refractivity contribution in [3.8, 4) is 0 Å². The number of carbonyl (C=O) groups is 1. The fraction of sp³-hybridized carbons (Fsp3) is 0.214. The first-order valence-corrected chi connectivity index (χ1v) is 12.2. The molecule has 1 amide bonds. The average Bonchev–Trinajstić information content (AvgIpc) is 3.34. The van der Waals surface area contributed by atoms with E-state index in [0.29, 0.717) is 21.8 Å². The Labute approximate surface area is 217 Å². The average molecular weight is 523 g/mol. The van der Waals surface area contributed by atoms with Crippen LogP contribution in [-0.4, -0.2) is 27.2 Å². The van der Waals surface area contributed by atoms with Gasteiger partial charge in [-0.3, -0.25) is 4.79 Å². The van der Waals surface area contributed by atoms with Crippen LogP contribution in [0.1, 0.15) is 57.2 Å². The van der Waals surface area contributed by atoms with Crippen molar-refractivity contribution < 1.29 is 18.7 Å². The number of alkyl halides is 2. The summed E-state index contributed by atoms with van der Waals surface area (Å²) in [6.45, 7) is 1.96. The summed E-state index contributed by atoms with van der Waals surface area (Å²) in [7, 11) is 0. The Bertz CT molecular complexity index is 1410. The standard InChI is InChI=1S/C28H25ClF2N4O2/c1-16-7-9-17(10-8-16)23-14-24(26(30)31)35-27(33-23)21(15-32-35)28(37)34-22-12-11-19(29)13-20(22)25(36)18-5-3-2-4-6-18/h2-13,15,23-26,33,36H,14H2,1H3,(H,34,37). The van der Waals surface area contributed by atoms with E-state index in [1.807, 2.05) is 37.3 Å². The molecule has 3 atom stereocenters. The monoisotopic (exact) mass is 522 g/mol. The lowest BCUT2D eigenvalue weighted by atomic mass is 9.96. The van der Waals surface area contributed by atoms with Crippen molar-refractivity contribution in [1.29, 1.82) is 0 Å². The van der Waals surface area contributed by atoms with Gasteiger partial charge in [-0.05, 0) is 42.7 Å². The largest absolute Gasteiger partial charge is 0.384 e. The predicted molar refractivity (Wildman–Crippen MR) is 139 cm³/mol. The number of halogens is 3. The first-order chi connectivity index (χ1) is 17.8. The molecule has 0 bridgehead atoms. The van der Waals surface area contributed by atoms with Crippen LogP contribution in [0, 0.1) is 6.92 Å². The number of benzene rings is 3. The molecule has 6 nitrogen and oxygen atoms in total. The number of amides is 1. The summed E-state index contributed by atoms with van der Waals surface area (Å²) in [6.07, 6.45) is -2.29. The number of aliphatic hydroxyl groups excluding tert-OH is 1. The zero-order chi connectivity index (χ0) is 26.1. The number of nitrogens with zero attached hydrogens (tertiary/aromatic N) is 2. The van der Waals surface area contributed by atoms with E-state index in [4.69, 9.17) is 11.6 Å². The molecule has 1 aliphatic heterocycles. The van der Waals surface area contributed by atoms with E-state index in [2.05, 4.69) is 15.7 Å². The number of nitrogens with one attached hydrogen (secondary N) is 2. The molecule has 37 heavy (non-hydrogen) atoms. The number of aliphatic hydroxyl groups is 1. The second-order valence-electron chi connectivity index (χ2n) is 9.10. The molecule has 0 spiro atoms. The van der Waals surface area contributed by atoms with Gasteiger partial charge in [-0.2, -0.15) is 5.10 Å². The van der Waals surface area contributed by atoms with Gasteiger partial charge in [-0.25, -0.2) is 13.5 Å². The molecular weight excluding hydrogens is 498 g/mol. The molecule has 1 aromatic heterocycles. The molecule has 4 aromatic rings. The molecule has 2 heterocycles. The van der Waals surface area contributed by atoms with Crippen molar-refractivity contribution in [3.05, 3.63) is 112 Å².